The van der Waals surface area contributed by atoms with Gasteiger partial charge in [-0.15, -0.1) is 0 Å². The molecule has 0 aromatic heterocycles. The summed E-state index contributed by atoms with van der Waals surface area (Å²) in [4.78, 5) is 23.6. The number of hydrogen-bond donors (Lipinski definition) is 2. The molecule has 0 radical (unpaired) electrons. The maximum Gasteiger partial charge on any atom is 0.407 e. The van der Waals surface area contributed by atoms with E-state index in [4.69, 9.17) is 9.84 Å². The lowest BCUT2D eigenvalue weighted by Gasteiger charge is -2.27. The van der Waals surface area contributed by atoms with Crippen molar-refractivity contribution in [2.45, 2.75) is 24.3 Å². The average molecular weight is 437 g/mol. The van der Waals surface area contributed by atoms with E-state index in [2.05, 4.69) is 5.32 Å². The highest BCUT2D eigenvalue weighted by Crippen LogP contribution is 2.44. The monoisotopic (exact) mass is 437 g/mol. The van der Waals surface area contributed by atoms with Crippen LogP contribution < -0.4 is 5.32 Å². The summed E-state index contributed by atoms with van der Waals surface area (Å²) in [5.74, 6) is -5.28. The summed E-state index contributed by atoms with van der Waals surface area (Å²) < 4.78 is 35.2. The van der Waals surface area contributed by atoms with E-state index in [9.17, 15) is 18.4 Å². The lowest BCUT2D eigenvalue weighted by Crippen LogP contribution is -2.47. The Kier molecular flexibility index (Phi) is 5.90. The summed E-state index contributed by atoms with van der Waals surface area (Å²) in [5.41, 5.74) is 3.66. The molecule has 4 rings (SSSR count). The minimum absolute atomic E-state index is 0.0590. The normalized spacial score (nSPS) is 13.7. The molecule has 7 heteroatoms. The highest BCUT2D eigenvalue weighted by Gasteiger charge is 2.44. The molecule has 0 heterocycles. The first-order chi connectivity index (χ1) is 15.4. The van der Waals surface area contributed by atoms with Crippen molar-refractivity contribution in [2.24, 2.45) is 0 Å². The molecule has 0 bridgehead atoms. The van der Waals surface area contributed by atoms with E-state index < -0.39 is 30.4 Å². The third-order valence-corrected chi connectivity index (χ3v) is 5.61. The number of alkyl halides is 2. The Bertz CT molecular complexity index is 1090. The van der Waals surface area contributed by atoms with Crippen LogP contribution in [0.2, 0.25) is 0 Å². The number of ether oxygens (including phenoxy) is 1. The molecule has 0 aliphatic heterocycles. The number of carbonyl (C=O) groups excluding carboxylic acids is 1. The molecule has 0 fully saturated rings. The highest BCUT2D eigenvalue weighted by molar-refractivity contribution is 5.79. The average Bonchev–Trinajstić information content (AvgIpc) is 3.11. The lowest BCUT2D eigenvalue weighted by molar-refractivity contribution is -0.141. The summed E-state index contributed by atoms with van der Waals surface area (Å²) in [5, 5.41) is 11.2. The lowest BCUT2D eigenvalue weighted by atomic mass is 9.98. The van der Waals surface area contributed by atoms with Crippen molar-refractivity contribution >= 4 is 12.1 Å². The molecular weight excluding hydrogens is 416 g/mol. The Morgan fingerprint density at radius 2 is 1.44 bits per heavy atom. The van der Waals surface area contributed by atoms with Gasteiger partial charge in [0.15, 0.2) is 0 Å². The van der Waals surface area contributed by atoms with E-state index >= 15 is 0 Å². The topological polar surface area (TPSA) is 75.6 Å². The summed E-state index contributed by atoms with van der Waals surface area (Å²) in [7, 11) is 0. The van der Waals surface area contributed by atoms with Crippen LogP contribution in [0.25, 0.3) is 11.1 Å². The zero-order valence-corrected chi connectivity index (χ0v) is 17.0. The van der Waals surface area contributed by atoms with E-state index in [-0.39, 0.29) is 18.1 Å². The smallest absolute Gasteiger partial charge is 0.407 e. The van der Waals surface area contributed by atoms with Crippen LogP contribution in [0.5, 0.6) is 0 Å². The van der Waals surface area contributed by atoms with Crippen molar-refractivity contribution in [1.82, 2.24) is 5.32 Å². The largest absolute Gasteiger partial charge is 0.481 e. The van der Waals surface area contributed by atoms with Crippen LogP contribution in [-0.4, -0.2) is 29.8 Å². The second-order valence-corrected chi connectivity index (χ2v) is 7.61. The van der Waals surface area contributed by atoms with Gasteiger partial charge in [0.2, 0.25) is 0 Å². The van der Waals surface area contributed by atoms with Gasteiger partial charge in [-0.05, 0) is 22.3 Å². The molecule has 1 amide bonds. The number of carboxylic acids is 1. The highest BCUT2D eigenvalue weighted by atomic mass is 19.3. The van der Waals surface area contributed by atoms with E-state index in [1.165, 1.54) is 24.3 Å². The molecule has 1 aliphatic rings. The van der Waals surface area contributed by atoms with Crippen molar-refractivity contribution < 1.29 is 28.2 Å². The van der Waals surface area contributed by atoms with E-state index in [0.29, 0.717) is 0 Å². The van der Waals surface area contributed by atoms with Crippen LogP contribution in [0.15, 0.2) is 78.9 Å². The predicted octanol–water partition coefficient (Wildman–Crippen LogP) is 5.16. The van der Waals surface area contributed by atoms with Crippen LogP contribution in [0.1, 0.15) is 29.0 Å². The standard InChI is InChI=1S/C25H21F2NO4/c26-25(27,16-8-2-1-3-9-16)22(14-23(29)30)28-24(31)32-15-21-19-12-6-4-10-17(19)18-11-5-7-13-20(18)21/h1-13,21-22H,14-15H2,(H,28,31)(H,29,30)/t22-/m0/s1. The number of hydrogen-bond acceptors (Lipinski definition) is 3. The molecule has 3 aromatic carbocycles. The molecule has 0 spiro atoms. The van der Waals surface area contributed by atoms with Crippen molar-refractivity contribution in [3.05, 3.63) is 95.6 Å². The maximum absolute atomic E-state index is 14.9. The van der Waals surface area contributed by atoms with Crippen LogP contribution in [0, 0.1) is 0 Å². The first-order valence-corrected chi connectivity index (χ1v) is 10.1. The van der Waals surface area contributed by atoms with Gasteiger partial charge in [-0.25, -0.2) is 4.79 Å². The first-order valence-electron chi connectivity index (χ1n) is 10.1. The summed E-state index contributed by atoms with van der Waals surface area (Å²) in [6.45, 7) is -0.0590. The molecular formula is C25H21F2NO4. The number of carboxylic acid groups (broad SMARTS) is 1. The van der Waals surface area contributed by atoms with Gasteiger partial charge >= 0.3 is 12.1 Å². The molecule has 0 saturated heterocycles. The molecule has 5 nitrogen and oxygen atoms in total. The molecule has 3 aromatic rings. The summed E-state index contributed by atoms with van der Waals surface area (Å²) >= 11 is 0. The SMILES string of the molecule is O=C(O)C[C@H](NC(=O)OCC1c2ccccc2-c2ccccc21)C(F)(F)c1ccccc1. The third kappa shape index (κ3) is 4.19. The first kappa shape index (κ1) is 21.5. The summed E-state index contributed by atoms with van der Waals surface area (Å²) in [6, 6.07) is 20.3. The minimum atomic E-state index is -3.59. The van der Waals surface area contributed by atoms with E-state index in [0.717, 1.165) is 22.3 Å². The molecule has 1 atom stereocenters. The van der Waals surface area contributed by atoms with Crippen LogP contribution in [-0.2, 0) is 15.5 Å². The van der Waals surface area contributed by atoms with Crippen molar-refractivity contribution in [3.63, 3.8) is 0 Å². The van der Waals surface area contributed by atoms with Crippen LogP contribution >= 0.6 is 0 Å². The van der Waals surface area contributed by atoms with Crippen molar-refractivity contribution in [3.8, 4) is 11.1 Å². The Morgan fingerprint density at radius 3 is 2.00 bits per heavy atom. The Morgan fingerprint density at radius 1 is 0.906 bits per heavy atom. The number of benzene rings is 3. The second-order valence-electron chi connectivity index (χ2n) is 7.61. The number of nitrogens with one attached hydrogen (secondary N) is 1. The van der Waals surface area contributed by atoms with Gasteiger partial charge in [0.25, 0.3) is 5.92 Å². The minimum Gasteiger partial charge on any atom is -0.481 e. The number of aliphatic carboxylic acids is 1. The molecule has 0 unspecified atom stereocenters. The molecule has 32 heavy (non-hydrogen) atoms. The number of halogens is 2. The number of alkyl carbamates (subject to hydrolysis) is 1. The molecule has 2 N–H and O–H groups in total. The van der Waals surface area contributed by atoms with Crippen LogP contribution in [0.3, 0.4) is 0 Å². The fraction of sp³-hybridized carbons (Fsp3) is 0.200. The van der Waals surface area contributed by atoms with E-state index in [1.807, 2.05) is 48.5 Å². The van der Waals surface area contributed by atoms with Crippen molar-refractivity contribution in [1.29, 1.82) is 0 Å². The summed E-state index contributed by atoms with van der Waals surface area (Å²) in [6.07, 6.45) is -2.04. The Labute approximate surface area is 183 Å². The van der Waals surface area contributed by atoms with Gasteiger partial charge < -0.3 is 15.2 Å². The number of fused-ring (bicyclic) bond motifs is 3. The number of carbonyl (C=O) groups is 2. The zero-order valence-electron chi connectivity index (χ0n) is 17.0. The van der Waals surface area contributed by atoms with E-state index in [1.54, 1.807) is 6.07 Å². The number of amides is 1. The van der Waals surface area contributed by atoms with Gasteiger partial charge in [0.1, 0.15) is 12.6 Å². The van der Waals surface area contributed by atoms with Gasteiger partial charge in [0, 0.05) is 11.5 Å². The fourth-order valence-corrected chi connectivity index (χ4v) is 4.09. The molecule has 164 valence electrons. The van der Waals surface area contributed by atoms with Crippen molar-refractivity contribution in [2.75, 3.05) is 6.61 Å². The fourth-order valence-electron chi connectivity index (χ4n) is 4.09. The van der Waals surface area contributed by atoms with Crippen LogP contribution in [0.4, 0.5) is 13.6 Å². The quantitative estimate of drug-likeness (QED) is 0.535. The second kappa shape index (κ2) is 8.78. The third-order valence-electron chi connectivity index (χ3n) is 5.61. The molecule has 1 aliphatic carbocycles. The maximum atomic E-state index is 14.9. The van der Waals surface area contributed by atoms with Gasteiger partial charge in [-0.1, -0.05) is 78.9 Å². The Balaban J connectivity index is 1.49. The Hall–Kier alpha value is -3.74. The zero-order chi connectivity index (χ0) is 22.7. The van der Waals surface area contributed by atoms with Gasteiger partial charge in [-0.2, -0.15) is 8.78 Å². The molecule has 0 saturated carbocycles. The number of rotatable bonds is 7. The predicted molar refractivity (Wildman–Crippen MR) is 115 cm³/mol. The van der Waals surface area contributed by atoms with Gasteiger partial charge in [-0.3, -0.25) is 4.79 Å². The van der Waals surface area contributed by atoms with Gasteiger partial charge in [0.05, 0.1) is 6.42 Å².